The summed E-state index contributed by atoms with van der Waals surface area (Å²) in [5.74, 6) is 0. The minimum Gasteiger partial charge on any atom is -0.378 e. The second-order valence-corrected chi connectivity index (χ2v) is 3.97. The lowest BCUT2D eigenvalue weighted by Gasteiger charge is -2.00. The van der Waals surface area contributed by atoms with Gasteiger partial charge in [0.15, 0.2) is 5.17 Å². The number of benzene rings is 1. The van der Waals surface area contributed by atoms with Crippen molar-refractivity contribution >= 4 is 40.1 Å². The minimum atomic E-state index is 0.0355. The predicted molar refractivity (Wildman–Crippen MR) is 54.2 cm³/mol. The lowest BCUT2D eigenvalue weighted by atomic mass is 10.4. The van der Waals surface area contributed by atoms with Crippen molar-refractivity contribution in [3.8, 4) is 0 Å². The first-order valence-electron chi connectivity index (χ1n) is 3.06. The Labute approximate surface area is 84.6 Å². The molecule has 0 bridgehead atoms. The molecule has 0 aromatic heterocycles. The van der Waals surface area contributed by atoms with Crippen molar-refractivity contribution in [2.75, 3.05) is 0 Å². The highest BCUT2D eigenvalue weighted by atomic mass is 35.5. The molecule has 1 aromatic carbocycles. The first-order valence-corrected chi connectivity index (χ1v) is 4.64. The van der Waals surface area contributed by atoms with Crippen LogP contribution in [-0.4, -0.2) is 5.17 Å². The number of thioether (sulfide) groups is 1. The lowest BCUT2D eigenvalue weighted by molar-refractivity contribution is 1.46. The number of hydrogen-bond acceptors (Lipinski definition) is 2. The molecule has 2 nitrogen and oxygen atoms in total. The van der Waals surface area contributed by atoms with Crippen LogP contribution in [0.4, 0.5) is 0 Å². The van der Waals surface area contributed by atoms with Gasteiger partial charge in [0.1, 0.15) is 0 Å². The summed E-state index contributed by atoms with van der Waals surface area (Å²) < 4.78 is 0. The van der Waals surface area contributed by atoms with Gasteiger partial charge in [-0.05, 0) is 18.2 Å². The van der Waals surface area contributed by atoms with Gasteiger partial charge in [-0.2, -0.15) is 0 Å². The van der Waals surface area contributed by atoms with E-state index in [1.165, 1.54) is 0 Å². The van der Waals surface area contributed by atoms with Gasteiger partial charge in [-0.1, -0.05) is 35.0 Å². The summed E-state index contributed by atoms with van der Waals surface area (Å²) in [5, 5.41) is 8.04. The Kier molecular flexibility index (Phi) is 3.26. The van der Waals surface area contributed by atoms with Gasteiger partial charge in [-0.3, -0.25) is 5.41 Å². The Balaban J connectivity index is 2.89. The maximum Gasteiger partial charge on any atom is 0.155 e. The number of amidine groups is 1. The fourth-order valence-corrected chi connectivity index (χ4v) is 1.60. The summed E-state index contributed by atoms with van der Waals surface area (Å²) >= 11 is 12.6. The van der Waals surface area contributed by atoms with E-state index in [1.54, 1.807) is 18.2 Å². The number of rotatable bonds is 1. The summed E-state index contributed by atoms with van der Waals surface area (Å²) in [5.41, 5.74) is 5.18. The molecule has 0 fully saturated rings. The van der Waals surface area contributed by atoms with Crippen LogP contribution in [0.2, 0.25) is 10.0 Å². The van der Waals surface area contributed by atoms with Crippen molar-refractivity contribution < 1.29 is 0 Å². The first-order chi connectivity index (χ1) is 5.59. The molecule has 0 amide bonds. The van der Waals surface area contributed by atoms with E-state index in [2.05, 4.69) is 0 Å². The summed E-state index contributed by atoms with van der Waals surface area (Å²) in [6, 6.07) is 5.12. The van der Waals surface area contributed by atoms with Gasteiger partial charge in [0.2, 0.25) is 0 Å². The van der Waals surface area contributed by atoms with Crippen LogP contribution in [0.3, 0.4) is 0 Å². The zero-order valence-corrected chi connectivity index (χ0v) is 8.30. The summed E-state index contributed by atoms with van der Waals surface area (Å²) in [7, 11) is 0. The molecule has 0 saturated carbocycles. The van der Waals surface area contributed by atoms with Gasteiger partial charge in [0.05, 0.1) is 10.0 Å². The van der Waals surface area contributed by atoms with Crippen molar-refractivity contribution in [3.05, 3.63) is 28.2 Å². The number of nitrogens with one attached hydrogen (secondary N) is 1. The third kappa shape index (κ3) is 2.59. The van der Waals surface area contributed by atoms with Crippen LogP contribution in [0.5, 0.6) is 0 Å². The molecule has 1 aromatic rings. The highest BCUT2D eigenvalue weighted by molar-refractivity contribution is 8.13. The summed E-state index contributed by atoms with van der Waals surface area (Å²) in [6.07, 6.45) is 0. The smallest absolute Gasteiger partial charge is 0.155 e. The fourth-order valence-electron chi connectivity index (χ4n) is 0.667. The molecular formula is C7H6Cl2N2S. The van der Waals surface area contributed by atoms with Gasteiger partial charge in [0, 0.05) is 4.90 Å². The molecule has 5 heteroatoms. The average Bonchev–Trinajstić information content (AvgIpc) is 1.96. The molecule has 0 aliphatic rings. The second kappa shape index (κ2) is 4.03. The van der Waals surface area contributed by atoms with Crippen molar-refractivity contribution in [3.63, 3.8) is 0 Å². The molecular weight excluding hydrogens is 215 g/mol. The fraction of sp³-hybridized carbons (Fsp3) is 0. The second-order valence-electron chi connectivity index (χ2n) is 2.04. The molecule has 0 radical (unpaired) electrons. The van der Waals surface area contributed by atoms with Gasteiger partial charge in [-0.25, -0.2) is 0 Å². The molecule has 0 unspecified atom stereocenters. The van der Waals surface area contributed by atoms with E-state index < -0.39 is 0 Å². The van der Waals surface area contributed by atoms with E-state index >= 15 is 0 Å². The molecule has 3 N–H and O–H groups in total. The van der Waals surface area contributed by atoms with E-state index in [1.807, 2.05) is 0 Å². The third-order valence-corrected chi connectivity index (χ3v) is 2.57. The highest BCUT2D eigenvalue weighted by Crippen LogP contribution is 2.27. The summed E-state index contributed by atoms with van der Waals surface area (Å²) in [4.78, 5) is 0.817. The number of nitrogens with two attached hydrogens (primary N) is 1. The van der Waals surface area contributed by atoms with E-state index in [0.29, 0.717) is 10.0 Å². The quantitative estimate of drug-likeness (QED) is 0.435. The summed E-state index contributed by atoms with van der Waals surface area (Å²) in [6.45, 7) is 0. The average molecular weight is 221 g/mol. The van der Waals surface area contributed by atoms with Gasteiger partial charge in [-0.15, -0.1) is 0 Å². The van der Waals surface area contributed by atoms with Gasteiger partial charge in [0.25, 0.3) is 0 Å². The Morgan fingerprint density at radius 2 is 2.00 bits per heavy atom. The molecule has 1 rings (SSSR count). The van der Waals surface area contributed by atoms with Gasteiger partial charge >= 0.3 is 0 Å². The molecule has 0 spiro atoms. The normalized spacial score (nSPS) is 9.83. The lowest BCUT2D eigenvalue weighted by Crippen LogP contribution is -2.02. The molecule has 0 heterocycles. The first kappa shape index (κ1) is 9.71. The monoisotopic (exact) mass is 220 g/mol. The van der Waals surface area contributed by atoms with E-state index in [9.17, 15) is 0 Å². The molecule has 12 heavy (non-hydrogen) atoms. The molecule has 64 valence electrons. The van der Waals surface area contributed by atoms with Crippen molar-refractivity contribution in [2.45, 2.75) is 4.90 Å². The van der Waals surface area contributed by atoms with E-state index in [0.717, 1.165) is 16.7 Å². The molecule has 0 saturated heterocycles. The van der Waals surface area contributed by atoms with E-state index in [4.69, 9.17) is 34.3 Å². The van der Waals surface area contributed by atoms with Crippen molar-refractivity contribution in [1.29, 1.82) is 5.41 Å². The Hall–Kier alpha value is -0.380. The maximum absolute atomic E-state index is 7.02. The largest absolute Gasteiger partial charge is 0.378 e. The van der Waals surface area contributed by atoms with Crippen LogP contribution in [-0.2, 0) is 0 Å². The molecule has 0 atom stereocenters. The van der Waals surface area contributed by atoms with Crippen LogP contribution in [0.1, 0.15) is 0 Å². The standard InChI is InChI=1S/C7H6Cl2N2S/c8-5-2-1-4(3-6(5)9)12-7(10)11/h1-3H,(H3,10,11). The zero-order chi connectivity index (χ0) is 9.14. The predicted octanol–water partition coefficient (Wildman–Crippen LogP) is 2.98. The van der Waals surface area contributed by atoms with Crippen molar-refractivity contribution in [1.82, 2.24) is 0 Å². The topological polar surface area (TPSA) is 49.9 Å². The van der Waals surface area contributed by atoms with Crippen LogP contribution in [0.15, 0.2) is 23.1 Å². The van der Waals surface area contributed by atoms with Crippen LogP contribution < -0.4 is 5.73 Å². The molecule has 0 aliphatic carbocycles. The van der Waals surface area contributed by atoms with E-state index in [-0.39, 0.29) is 5.17 Å². The van der Waals surface area contributed by atoms with Gasteiger partial charge < -0.3 is 5.73 Å². The number of hydrogen-bond donors (Lipinski definition) is 2. The van der Waals surface area contributed by atoms with Crippen molar-refractivity contribution in [2.24, 2.45) is 5.73 Å². The Bertz CT molecular complexity index is 314. The Morgan fingerprint density at radius 1 is 1.33 bits per heavy atom. The molecule has 0 aliphatic heterocycles. The van der Waals surface area contributed by atoms with Crippen LogP contribution >= 0.6 is 35.0 Å². The highest BCUT2D eigenvalue weighted by Gasteiger charge is 2.00. The SMILES string of the molecule is N=C(N)Sc1ccc(Cl)c(Cl)c1. The number of halogens is 2. The zero-order valence-electron chi connectivity index (χ0n) is 5.97. The maximum atomic E-state index is 7.02. The Morgan fingerprint density at radius 3 is 2.50 bits per heavy atom. The minimum absolute atomic E-state index is 0.0355. The third-order valence-electron chi connectivity index (χ3n) is 1.12. The van der Waals surface area contributed by atoms with Crippen LogP contribution in [0.25, 0.3) is 0 Å². The van der Waals surface area contributed by atoms with Crippen LogP contribution in [0, 0.1) is 5.41 Å².